The van der Waals surface area contributed by atoms with Crippen LogP contribution in [0.15, 0.2) is 5.16 Å². The van der Waals surface area contributed by atoms with Gasteiger partial charge in [0.15, 0.2) is 0 Å². The molecule has 0 radical (unpaired) electrons. The number of oxime groups is 1. The minimum absolute atomic E-state index is 0.348. The summed E-state index contributed by atoms with van der Waals surface area (Å²) in [6.45, 7) is 6.46. The average Bonchev–Trinajstić information content (AvgIpc) is 2.15. The van der Waals surface area contributed by atoms with Gasteiger partial charge in [-0.1, -0.05) is 5.16 Å². The molecular formula is C7H12N2O3. The van der Waals surface area contributed by atoms with E-state index in [-0.39, 0.29) is 4.92 Å². The van der Waals surface area contributed by atoms with Gasteiger partial charge in [-0.05, 0) is 20.8 Å². The molecular weight excluding hydrogens is 160 g/mol. The third-order valence-electron chi connectivity index (χ3n) is 2.65. The van der Waals surface area contributed by atoms with Crippen LogP contribution >= 0.6 is 0 Å². The first-order chi connectivity index (χ1) is 5.32. The molecule has 0 saturated heterocycles. The first kappa shape index (κ1) is 8.96. The predicted molar refractivity (Wildman–Crippen MR) is 43.7 cm³/mol. The van der Waals surface area contributed by atoms with Gasteiger partial charge in [-0.15, -0.1) is 0 Å². The van der Waals surface area contributed by atoms with Crippen molar-refractivity contribution in [3.63, 3.8) is 0 Å². The van der Waals surface area contributed by atoms with Crippen LogP contribution in [0.1, 0.15) is 27.7 Å². The number of nitro groups is 1. The second-order valence-electron chi connectivity index (χ2n) is 3.61. The summed E-state index contributed by atoms with van der Waals surface area (Å²) in [6.07, 6.45) is 0. The maximum Gasteiger partial charge on any atom is 0.300 e. The lowest BCUT2D eigenvalue weighted by Crippen LogP contribution is -2.55. The summed E-state index contributed by atoms with van der Waals surface area (Å²) in [6, 6.07) is 0. The number of hydrogen-bond donors (Lipinski definition) is 0. The second-order valence-corrected chi connectivity index (χ2v) is 3.61. The van der Waals surface area contributed by atoms with Crippen LogP contribution < -0.4 is 0 Å². The van der Waals surface area contributed by atoms with E-state index in [1.165, 1.54) is 6.92 Å². The van der Waals surface area contributed by atoms with Gasteiger partial charge >= 0.3 is 5.54 Å². The van der Waals surface area contributed by atoms with Crippen LogP contribution in [-0.4, -0.2) is 21.8 Å². The largest absolute Gasteiger partial charge is 0.381 e. The average molecular weight is 172 g/mol. The lowest BCUT2D eigenvalue weighted by molar-refractivity contribution is -0.561. The van der Waals surface area contributed by atoms with E-state index in [9.17, 15) is 10.1 Å². The second kappa shape index (κ2) is 2.18. The fraction of sp³-hybridized carbons (Fsp3) is 0.857. The Morgan fingerprint density at radius 1 is 1.50 bits per heavy atom. The summed E-state index contributed by atoms with van der Waals surface area (Å²) >= 11 is 0. The first-order valence-electron chi connectivity index (χ1n) is 3.70. The first-order valence-corrected chi connectivity index (χ1v) is 3.70. The summed E-state index contributed by atoms with van der Waals surface area (Å²) < 4.78 is 0. The Hall–Kier alpha value is -1.13. The molecule has 1 aliphatic heterocycles. The number of hydrogen-bond acceptors (Lipinski definition) is 4. The molecule has 0 N–H and O–H groups in total. The van der Waals surface area contributed by atoms with Crippen LogP contribution in [0.3, 0.4) is 0 Å². The minimum atomic E-state index is -1.20. The Balaban J connectivity index is 3.15. The zero-order valence-corrected chi connectivity index (χ0v) is 7.62. The molecule has 5 nitrogen and oxygen atoms in total. The van der Waals surface area contributed by atoms with Crippen molar-refractivity contribution in [3.05, 3.63) is 10.1 Å². The number of rotatable bonds is 1. The van der Waals surface area contributed by atoms with Gasteiger partial charge in [0, 0.05) is 11.8 Å². The van der Waals surface area contributed by atoms with E-state index < -0.39 is 11.1 Å². The summed E-state index contributed by atoms with van der Waals surface area (Å²) in [5, 5.41) is 14.4. The van der Waals surface area contributed by atoms with Crippen LogP contribution in [0.2, 0.25) is 0 Å². The van der Waals surface area contributed by atoms with Crippen molar-refractivity contribution in [1.82, 2.24) is 0 Å². The van der Waals surface area contributed by atoms with Crippen molar-refractivity contribution in [2.45, 2.75) is 38.8 Å². The maximum absolute atomic E-state index is 10.8. The van der Waals surface area contributed by atoms with E-state index in [0.29, 0.717) is 5.71 Å². The Morgan fingerprint density at radius 2 is 2.00 bits per heavy atom. The molecule has 68 valence electrons. The quantitative estimate of drug-likeness (QED) is 0.441. The van der Waals surface area contributed by atoms with Gasteiger partial charge in [0.25, 0.3) is 0 Å². The summed E-state index contributed by atoms with van der Waals surface area (Å²) in [7, 11) is 0. The third kappa shape index (κ3) is 0.821. The zero-order chi connectivity index (χ0) is 9.57. The molecule has 0 amide bonds. The molecule has 0 bridgehead atoms. The van der Waals surface area contributed by atoms with Gasteiger partial charge in [0.05, 0.1) is 0 Å². The zero-order valence-electron chi connectivity index (χ0n) is 7.62. The Morgan fingerprint density at radius 3 is 2.17 bits per heavy atom. The van der Waals surface area contributed by atoms with Crippen molar-refractivity contribution in [2.24, 2.45) is 5.16 Å². The lowest BCUT2D eigenvalue weighted by atomic mass is 9.82. The highest BCUT2D eigenvalue weighted by molar-refractivity contribution is 5.91. The van der Waals surface area contributed by atoms with E-state index in [1.807, 2.05) is 0 Å². The molecule has 5 heteroatoms. The molecule has 0 fully saturated rings. The topological polar surface area (TPSA) is 64.7 Å². The molecule has 0 aromatic rings. The molecule has 0 saturated carbocycles. The Bertz CT molecular complexity index is 259. The van der Waals surface area contributed by atoms with Crippen molar-refractivity contribution in [2.75, 3.05) is 0 Å². The highest BCUT2D eigenvalue weighted by Crippen LogP contribution is 2.35. The van der Waals surface area contributed by atoms with Gasteiger partial charge in [0.1, 0.15) is 5.71 Å². The summed E-state index contributed by atoms with van der Waals surface area (Å²) in [4.78, 5) is 15.4. The van der Waals surface area contributed by atoms with Gasteiger partial charge in [-0.2, -0.15) is 0 Å². The molecule has 1 atom stereocenters. The van der Waals surface area contributed by atoms with Gasteiger partial charge in [-0.25, -0.2) is 0 Å². The molecule has 0 aromatic carbocycles. The molecule has 1 rings (SSSR count). The summed E-state index contributed by atoms with van der Waals surface area (Å²) in [5.41, 5.74) is -1.65. The molecule has 12 heavy (non-hydrogen) atoms. The fourth-order valence-corrected chi connectivity index (χ4v) is 1.15. The molecule has 0 aliphatic carbocycles. The highest BCUT2D eigenvalue weighted by atomic mass is 16.7. The van der Waals surface area contributed by atoms with Gasteiger partial charge < -0.3 is 4.84 Å². The predicted octanol–water partition coefficient (Wildman–Crippen LogP) is 1.21. The summed E-state index contributed by atoms with van der Waals surface area (Å²) in [5.74, 6) is 0. The van der Waals surface area contributed by atoms with Crippen molar-refractivity contribution in [3.8, 4) is 0 Å². The van der Waals surface area contributed by atoms with E-state index in [2.05, 4.69) is 5.16 Å². The molecule has 0 aromatic heterocycles. The van der Waals surface area contributed by atoms with Crippen molar-refractivity contribution in [1.29, 1.82) is 0 Å². The van der Waals surface area contributed by atoms with Crippen LogP contribution in [0.25, 0.3) is 0 Å². The van der Waals surface area contributed by atoms with E-state index in [1.54, 1.807) is 20.8 Å². The molecule has 1 aliphatic rings. The van der Waals surface area contributed by atoms with Gasteiger partial charge in [0.2, 0.25) is 5.60 Å². The van der Waals surface area contributed by atoms with Crippen molar-refractivity contribution < 1.29 is 9.76 Å². The van der Waals surface area contributed by atoms with Crippen LogP contribution in [0.4, 0.5) is 0 Å². The Labute approximate surface area is 70.5 Å². The SMILES string of the molecule is CC1=NOC(C)(C)C1(C)[N+](=O)[O-]. The number of nitrogens with zero attached hydrogens (tertiary/aromatic N) is 2. The molecule has 1 unspecified atom stereocenters. The smallest absolute Gasteiger partial charge is 0.300 e. The minimum Gasteiger partial charge on any atom is -0.381 e. The van der Waals surface area contributed by atoms with E-state index in [0.717, 1.165) is 0 Å². The molecule has 1 heterocycles. The normalized spacial score (nSPS) is 32.5. The maximum atomic E-state index is 10.8. The highest BCUT2D eigenvalue weighted by Gasteiger charge is 2.61. The van der Waals surface area contributed by atoms with Gasteiger partial charge in [-0.3, -0.25) is 10.1 Å². The standard InChI is InChI=1S/C7H12N2O3/c1-5-7(4,9(10)11)6(2,3)12-8-5/h1-4H3. The van der Waals surface area contributed by atoms with Crippen molar-refractivity contribution >= 4 is 5.71 Å². The van der Waals surface area contributed by atoms with E-state index >= 15 is 0 Å². The molecule has 0 spiro atoms. The third-order valence-corrected chi connectivity index (χ3v) is 2.65. The van der Waals surface area contributed by atoms with E-state index in [4.69, 9.17) is 4.84 Å². The lowest BCUT2D eigenvalue weighted by Gasteiger charge is -2.26. The van der Waals surface area contributed by atoms with Crippen LogP contribution in [0, 0.1) is 10.1 Å². The Kier molecular flexibility index (Phi) is 1.63. The monoisotopic (exact) mass is 172 g/mol. The van der Waals surface area contributed by atoms with Crippen LogP contribution in [-0.2, 0) is 4.84 Å². The van der Waals surface area contributed by atoms with Crippen LogP contribution in [0.5, 0.6) is 0 Å². The fourth-order valence-electron chi connectivity index (χ4n) is 1.15.